The average molecular weight is 135 g/mol. The van der Waals surface area contributed by atoms with Crippen molar-refractivity contribution in [1.29, 1.82) is 0 Å². The first-order valence-corrected chi connectivity index (χ1v) is 2.78. The van der Waals surface area contributed by atoms with E-state index in [1.807, 2.05) is 0 Å². The van der Waals surface area contributed by atoms with Gasteiger partial charge in [-0.25, -0.2) is 0 Å². The van der Waals surface area contributed by atoms with Gasteiger partial charge in [0.05, 0.1) is 5.38 Å². The monoisotopic (exact) mass is 134 g/mol. The zero-order chi connectivity index (χ0) is 6.41. The number of hydrogen-bond donors (Lipinski definition) is 0. The van der Waals surface area contributed by atoms with Crippen molar-refractivity contribution in [2.24, 2.45) is 0 Å². The molecule has 0 rings (SSSR count). The minimum atomic E-state index is -0.486. The van der Waals surface area contributed by atoms with Crippen LogP contribution in [0.25, 0.3) is 0 Å². The normalized spacial score (nSPS) is 12.6. The quantitative estimate of drug-likeness (QED) is 0.421. The molecule has 0 radical (unpaired) electrons. The summed E-state index contributed by atoms with van der Waals surface area (Å²) in [6.45, 7) is 0. The zero-order valence-electron chi connectivity index (χ0n) is 4.34. The number of halogens is 1. The van der Waals surface area contributed by atoms with Gasteiger partial charge in [-0.2, -0.15) is 0 Å². The number of hydrogen-bond acceptors (Lipinski definition) is 2. The number of aldehydes is 2. The number of carbonyl (C=O) groups is 2. The highest BCUT2D eigenvalue weighted by molar-refractivity contribution is 6.27. The van der Waals surface area contributed by atoms with E-state index >= 15 is 0 Å². The van der Waals surface area contributed by atoms with E-state index in [1.54, 1.807) is 0 Å². The molecule has 0 N–H and O–H groups in total. The Bertz CT molecular complexity index is 82.5. The van der Waals surface area contributed by atoms with Crippen LogP contribution in [-0.2, 0) is 9.59 Å². The Morgan fingerprint density at radius 3 is 2.50 bits per heavy atom. The van der Waals surface area contributed by atoms with Crippen LogP contribution in [0, 0.1) is 0 Å². The summed E-state index contributed by atoms with van der Waals surface area (Å²) in [5, 5.41) is -0.486. The number of carbonyl (C=O) groups excluding carboxylic acids is 2. The maximum absolute atomic E-state index is 9.76. The van der Waals surface area contributed by atoms with Crippen molar-refractivity contribution >= 4 is 24.2 Å². The van der Waals surface area contributed by atoms with Crippen LogP contribution in [-0.4, -0.2) is 17.9 Å². The third kappa shape index (κ3) is 3.81. The Kier molecular flexibility index (Phi) is 4.56. The molecular formula is C5H7ClO2. The van der Waals surface area contributed by atoms with Gasteiger partial charge in [0.15, 0.2) is 0 Å². The molecule has 0 aromatic rings. The molecule has 0 fully saturated rings. The molecule has 0 amide bonds. The largest absolute Gasteiger partial charge is 0.303 e. The molecular weight excluding hydrogens is 128 g/mol. The van der Waals surface area contributed by atoms with Crippen LogP contribution in [0.2, 0.25) is 0 Å². The summed E-state index contributed by atoms with van der Waals surface area (Å²) in [7, 11) is 0. The summed E-state index contributed by atoms with van der Waals surface area (Å²) >= 11 is 5.32. The lowest BCUT2D eigenvalue weighted by atomic mass is 10.3. The topological polar surface area (TPSA) is 34.1 Å². The third-order valence-electron chi connectivity index (χ3n) is 0.708. The Hall–Kier alpha value is -0.370. The van der Waals surface area contributed by atoms with E-state index in [-0.39, 0.29) is 0 Å². The van der Waals surface area contributed by atoms with Crippen molar-refractivity contribution in [2.45, 2.75) is 18.2 Å². The zero-order valence-corrected chi connectivity index (χ0v) is 5.10. The molecule has 0 spiro atoms. The van der Waals surface area contributed by atoms with Crippen LogP contribution in [0.3, 0.4) is 0 Å². The molecule has 1 unspecified atom stereocenters. The van der Waals surface area contributed by atoms with Crippen molar-refractivity contribution in [1.82, 2.24) is 0 Å². The smallest absolute Gasteiger partial charge is 0.137 e. The maximum atomic E-state index is 9.76. The van der Waals surface area contributed by atoms with Gasteiger partial charge in [-0.3, -0.25) is 0 Å². The molecule has 0 aliphatic carbocycles. The lowest BCUT2D eigenvalue weighted by Crippen LogP contribution is -1.98. The Balaban J connectivity index is 3.09. The Morgan fingerprint density at radius 2 is 2.12 bits per heavy atom. The van der Waals surface area contributed by atoms with Crippen LogP contribution < -0.4 is 0 Å². The predicted molar refractivity (Wildman–Crippen MR) is 31.0 cm³/mol. The second kappa shape index (κ2) is 4.78. The summed E-state index contributed by atoms with van der Waals surface area (Å²) < 4.78 is 0. The minimum Gasteiger partial charge on any atom is -0.303 e. The lowest BCUT2D eigenvalue weighted by molar-refractivity contribution is -0.108. The van der Waals surface area contributed by atoms with Gasteiger partial charge in [-0.1, -0.05) is 0 Å². The highest BCUT2D eigenvalue weighted by atomic mass is 35.5. The highest BCUT2D eigenvalue weighted by Crippen LogP contribution is 1.98. The molecule has 0 aliphatic heterocycles. The second-order valence-electron chi connectivity index (χ2n) is 1.40. The van der Waals surface area contributed by atoms with Crippen LogP contribution in [0.1, 0.15) is 12.8 Å². The molecule has 0 bridgehead atoms. The molecule has 1 atom stereocenters. The van der Waals surface area contributed by atoms with E-state index < -0.39 is 5.38 Å². The van der Waals surface area contributed by atoms with Gasteiger partial charge in [0.2, 0.25) is 0 Å². The predicted octanol–water partition coefficient (Wildman–Crippen LogP) is 0.772. The van der Waals surface area contributed by atoms with Gasteiger partial charge in [0, 0.05) is 6.42 Å². The fourth-order valence-corrected chi connectivity index (χ4v) is 0.421. The van der Waals surface area contributed by atoms with E-state index in [4.69, 9.17) is 11.6 Å². The molecule has 0 heterocycles. The van der Waals surface area contributed by atoms with Gasteiger partial charge < -0.3 is 9.59 Å². The summed E-state index contributed by atoms with van der Waals surface area (Å²) in [5.41, 5.74) is 0. The molecule has 0 saturated carbocycles. The number of alkyl halides is 1. The first-order chi connectivity index (χ1) is 3.81. The van der Waals surface area contributed by atoms with Crippen LogP contribution >= 0.6 is 11.6 Å². The average Bonchev–Trinajstić information content (AvgIpc) is 1.83. The maximum Gasteiger partial charge on any atom is 0.137 e. The van der Waals surface area contributed by atoms with E-state index in [0.717, 1.165) is 6.29 Å². The molecule has 0 saturated heterocycles. The van der Waals surface area contributed by atoms with E-state index in [1.165, 1.54) is 0 Å². The summed E-state index contributed by atoms with van der Waals surface area (Å²) in [6, 6.07) is 0. The fraction of sp³-hybridized carbons (Fsp3) is 0.600. The summed E-state index contributed by atoms with van der Waals surface area (Å²) in [5.74, 6) is 0. The third-order valence-corrected chi connectivity index (χ3v) is 1.03. The standard InChI is InChI=1S/C5H7ClO2/c6-5(4-8)2-1-3-7/h3-5H,1-2H2. The van der Waals surface area contributed by atoms with Gasteiger partial charge in [-0.05, 0) is 6.42 Å². The minimum absolute atomic E-state index is 0.368. The fourth-order valence-electron chi connectivity index (χ4n) is 0.295. The van der Waals surface area contributed by atoms with Crippen LogP contribution in [0.15, 0.2) is 0 Å². The molecule has 0 aromatic carbocycles. The van der Waals surface area contributed by atoms with E-state index in [0.29, 0.717) is 19.1 Å². The van der Waals surface area contributed by atoms with Crippen molar-refractivity contribution in [2.75, 3.05) is 0 Å². The Morgan fingerprint density at radius 1 is 1.50 bits per heavy atom. The molecule has 0 aliphatic rings. The molecule has 0 aromatic heterocycles. The van der Waals surface area contributed by atoms with Crippen LogP contribution in [0.4, 0.5) is 0 Å². The van der Waals surface area contributed by atoms with Crippen molar-refractivity contribution in [3.05, 3.63) is 0 Å². The summed E-state index contributed by atoms with van der Waals surface area (Å²) in [6.07, 6.45) is 2.20. The Labute approximate surface area is 52.8 Å². The molecule has 8 heavy (non-hydrogen) atoms. The van der Waals surface area contributed by atoms with Crippen molar-refractivity contribution in [3.63, 3.8) is 0 Å². The molecule has 3 heteroatoms. The van der Waals surface area contributed by atoms with Crippen molar-refractivity contribution < 1.29 is 9.59 Å². The first kappa shape index (κ1) is 7.63. The lowest BCUT2D eigenvalue weighted by Gasteiger charge is -1.91. The van der Waals surface area contributed by atoms with Crippen LogP contribution in [0.5, 0.6) is 0 Å². The SMILES string of the molecule is O=CCCC(Cl)C=O. The van der Waals surface area contributed by atoms with Gasteiger partial charge in [0.25, 0.3) is 0 Å². The van der Waals surface area contributed by atoms with Gasteiger partial charge in [-0.15, -0.1) is 11.6 Å². The molecule has 46 valence electrons. The van der Waals surface area contributed by atoms with E-state index in [2.05, 4.69) is 0 Å². The summed E-state index contributed by atoms with van der Waals surface area (Å²) in [4.78, 5) is 19.4. The van der Waals surface area contributed by atoms with E-state index in [9.17, 15) is 9.59 Å². The first-order valence-electron chi connectivity index (χ1n) is 2.34. The number of rotatable bonds is 4. The molecule has 2 nitrogen and oxygen atoms in total. The van der Waals surface area contributed by atoms with Gasteiger partial charge in [0.1, 0.15) is 12.6 Å². The van der Waals surface area contributed by atoms with Crippen molar-refractivity contribution in [3.8, 4) is 0 Å². The highest BCUT2D eigenvalue weighted by Gasteiger charge is 1.98. The van der Waals surface area contributed by atoms with Gasteiger partial charge >= 0.3 is 0 Å². The second-order valence-corrected chi connectivity index (χ2v) is 1.96.